The Labute approximate surface area is 198 Å². The van der Waals surface area contributed by atoms with Crippen LogP contribution < -0.4 is 9.96 Å². The van der Waals surface area contributed by atoms with Gasteiger partial charge in [0.15, 0.2) is 6.10 Å². The number of carbonyl (C=O) groups is 2. The summed E-state index contributed by atoms with van der Waals surface area (Å²) in [6.07, 6.45) is -1.12. The third kappa shape index (κ3) is 3.52. The van der Waals surface area contributed by atoms with Gasteiger partial charge in [0.1, 0.15) is 5.92 Å². The number of nitro benzene ring substituents is 1. The third-order valence-electron chi connectivity index (χ3n) is 5.72. The van der Waals surface area contributed by atoms with Crippen molar-refractivity contribution in [2.45, 2.75) is 12.1 Å². The van der Waals surface area contributed by atoms with Gasteiger partial charge in [-0.2, -0.15) is 0 Å². The van der Waals surface area contributed by atoms with Crippen molar-refractivity contribution in [3.05, 3.63) is 98.5 Å². The summed E-state index contributed by atoms with van der Waals surface area (Å²) in [6, 6.07) is 18.3. The fraction of sp³-hybridized carbons (Fsp3) is 0.130. The van der Waals surface area contributed by atoms with Crippen molar-refractivity contribution >= 4 is 52.1 Å². The molecule has 5 rings (SSSR count). The monoisotopic (exact) mass is 483 g/mol. The van der Waals surface area contributed by atoms with Crippen LogP contribution in [0.3, 0.4) is 0 Å². The lowest BCUT2D eigenvalue weighted by Gasteiger charge is -2.29. The molecule has 33 heavy (non-hydrogen) atoms. The number of hydrogen-bond donors (Lipinski definition) is 0. The van der Waals surface area contributed by atoms with Gasteiger partial charge in [0.2, 0.25) is 5.91 Å². The van der Waals surface area contributed by atoms with E-state index in [-0.39, 0.29) is 10.7 Å². The highest BCUT2D eigenvalue weighted by atomic mass is 35.5. The summed E-state index contributed by atoms with van der Waals surface area (Å²) < 4.78 is 0. The van der Waals surface area contributed by atoms with Crippen molar-refractivity contribution in [1.29, 1.82) is 0 Å². The number of nitrogens with zero attached hydrogens (tertiary/aromatic N) is 3. The molecule has 0 N–H and O–H groups in total. The van der Waals surface area contributed by atoms with Crippen molar-refractivity contribution in [2.75, 3.05) is 9.96 Å². The van der Waals surface area contributed by atoms with Gasteiger partial charge in [-0.15, -0.1) is 0 Å². The van der Waals surface area contributed by atoms with Crippen LogP contribution in [0.25, 0.3) is 0 Å². The first-order chi connectivity index (χ1) is 15.9. The van der Waals surface area contributed by atoms with Crippen LogP contribution in [-0.2, 0) is 14.4 Å². The van der Waals surface area contributed by atoms with Gasteiger partial charge in [0, 0.05) is 27.7 Å². The minimum absolute atomic E-state index is 0.183. The second kappa shape index (κ2) is 8.15. The molecule has 166 valence electrons. The lowest BCUT2D eigenvalue weighted by atomic mass is 9.90. The van der Waals surface area contributed by atoms with Crippen LogP contribution in [0.5, 0.6) is 0 Å². The number of carbonyl (C=O) groups excluding carboxylic acids is 2. The zero-order valence-electron chi connectivity index (χ0n) is 16.8. The molecule has 0 radical (unpaired) electrons. The van der Waals surface area contributed by atoms with Crippen LogP contribution in [0, 0.1) is 16.0 Å². The van der Waals surface area contributed by atoms with Crippen LogP contribution in [0.4, 0.5) is 17.1 Å². The van der Waals surface area contributed by atoms with E-state index >= 15 is 0 Å². The molecule has 3 atom stereocenters. The number of hydrogen-bond acceptors (Lipinski definition) is 6. The largest absolute Gasteiger partial charge is 0.273 e. The van der Waals surface area contributed by atoms with Crippen LogP contribution >= 0.6 is 23.2 Å². The predicted molar refractivity (Wildman–Crippen MR) is 122 cm³/mol. The second-order valence-electron chi connectivity index (χ2n) is 7.61. The fourth-order valence-electron chi connectivity index (χ4n) is 4.25. The van der Waals surface area contributed by atoms with Crippen LogP contribution in [-0.4, -0.2) is 22.8 Å². The van der Waals surface area contributed by atoms with E-state index in [4.69, 9.17) is 28.0 Å². The third-order valence-corrected chi connectivity index (χ3v) is 6.32. The van der Waals surface area contributed by atoms with E-state index in [1.165, 1.54) is 23.3 Å². The molecule has 0 bridgehead atoms. The van der Waals surface area contributed by atoms with Gasteiger partial charge in [0.25, 0.3) is 11.6 Å². The minimum Gasteiger partial charge on any atom is -0.273 e. The van der Waals surface area contributed by atoms with Gasteiger partial charge >= 0.3 is 0 Å². The van der Waals surface area contributed by atoms with Crippen molar-refractivity contribution < 1.29 is 19.3 Å². The molecule has 8 nitrogen and oxygen atoms in total. The number of anilines is 2. The van der Waals surface area contributed by atoms with E-state index in [2.05, 4.69) is 0 Å². The number of rotatable bonds is 4. The molecule has 0 saturated carbocycles. The molecular formula is C23H15Cl2N3O5. The summed E-state index contributed by atoms with van der Waals surface area (Å²) in [5.41, 5.74) is 1.08. The Morgan fingerprint density at radius 1 is 0.879 bits per heavy atom. The Bertz CT molecular complexity index is 1270. The number of amides is 2. The molecule has 0 unspecified atom stereocenters. The number of nitro groups is 1. The first kappa shape index (κ1) is 21.4. The van der Waals surface area contributed by atoms with Crippen molar-refractivity contribution in [1.82, 2.24) is 0 Å². The van der Waals surface area contributed by atoms with Gasteiger partial charge in [-0.3, -0.25) is 24.5 Å². The van der Waals surface area contributed by atoms with E-state index in [1.54, 1.807) is 48.5 Å². The summed E-state index contributed by atoms with van der Waals surface area (Å²) >= 11 is 12.4. The van der Waals surface area contributed by atoms with Crippen LogP contribution in [0.1, 0.15) is 11.6 Å². The van der Waals surface area contributed by atoms with Crippen molar-refractivity contribution in [2.24, 2.45) is 5.92 Å². The fourth-order valence-corrected chi connectivity index (χ4v) is 4.60. The molecule has 10 heteroatoms. The molecule has 2 amide bonds. The maximum Gasteiger partial charge on any atom is 0.269 e. The number of fused-ring (bicyclic) bond motifs is 1. The standard InChI is InChI=1S/C23H15Cl2N3O5/c24-13-6-8-14(9-7-13)26-22(29)19-20(17-12-16(28(31)32)10-11-18(17)25)27(33-21(19)23(26)30)15-4-2-1-3-5-15/h1-12,19-21H/t19-,20-,21+/m0/s1. The zero-order valence-corrected chi connectivity index (χ0v) is 18.3. The summed E-state index contributed by atoms with van der Waals surface area (Å²) in [4.78, 5) is 44.8. The average molecular weight is 484 g/mol. The van der Waals surface area contributed by atoms with E-state index in [0.717, 1.165) is 4.90 Å². The molecule has 0 aromatic heterocycles. The Morgan fingerprint density at radius 2 is 1.58 bits per heavy atom. The molecule has 0 spiro atoms. The van der Waals surface area contributed by atoms with Gasteiger partial charge in [-0.05, 0) is 42.5 Å². The normalized spacial score (nSPS) is 22.1. The summed E-state index contributed by atoms with van der Waals surface area (Å²) in [7, 11) is 0. The quantitative estimate of drug-likeness (QED) is 0.296. The summed E-state index contributed by atoms with van der Waals surface area (Å²) in [5.74, 6) is -1.98. The molecule has 2 aliphatic rings. The number of para-hydroxylation sites is 1. The lowest BCUT2D eigenvalue weighted by Crippen LogP contribution is -2.37. The SMILES string of the molecule is O=C1[C@@H]2[C@@H](ON(c3ccccc3)[C@H]2c2cc([N+](=O)[O-])ccc2Cl)C(=O)N1c1ccc(Cl)cc1. The van der Waals surface area contributed by atoms with Crippen molar-refractivity contribution in [3.8, 4) is 0 Å². The molecule has 0 aliphatic carbocycles. The van der Waals surface area contributed by atoms with Crippen molar-refractivity contribution in [3.63, 3.8) is 0 Å². The van der Waals surface area contributed by atoms with E-state index < -0.39 is 34.8 Å². The Morgan fingerprint density at radius 3 is 2.24 bits per heavy atom. The second-order valence-corrected chi connectivity index (χ2v) is 8.45. The Balaban J connectivity index is 1.63. The zero-order chi connectivity index (χ0) is 23.3. The van der Waals surface area contributed by atoms with Gasteiger partial charge in [-0.25, -0.2) is 9.96 Å². The van der Waals surface area contributed by atoms with Crippen LogP contribution in [0.2, 0.25) is 10.0 Å². The number of imide groups is 1. The highest BCUT2D eigenvalue weighted by Gasteiger charge is 2.60. The van der Waals surface area contributed by atoms with Crippen LogP contribution in [0.15, 0.2) is 72.8 Å². The maximum absolute atomic E-state index is 13.6. The molecule has 3 aromatic carbocycles. The summed E-state index contributed by atoms with van der Waals surface area (Å²) in [6.45, 7) is 0. The first-order valence-corrected chi connectivity index (χ1v) is 10.7. The Hall–Kier alpha value is -3.46. The first-order valence-electron chi connectivity index (χ1n) is 9.95. The smallest absolute Gasteiger partial charge is 0.269 e. The number of non-ortho nitro benzene ring substituents is 1. The maximum atomic E-state index is 13.6. The molecular weight excluding hydrogens is 469 g/mol. The summed E-state index contributed by atoms with van der Waals surface area (Å²) in [5, 5.41) is 13.5. The topological polar surface area (TPSA) is 93.0 Å². The van der Waals surface area contributed by atoms with Gasteiger partial charge in [0.05, 0.1) is 22.3 Å². The molecule has 2 fully saturated rings. The molecule has 2 aliphatic heterocycles. The average Bonchev–Trinajstić information content (AvgIpc) is 3.31. The van der Waals surface area contributed by atoms with E-state index in [0.29, 0.717) is 22.0 Å². The lowest BCUT2D eigenvalue weighted by molar-refractivity contribution is -0.384. The predicted octanol–water partition coefficient (Wildman–Crippen LogP) is 4.95. The molecule has 2 saturated heterocycles. The van der Waals surface area contributed by atoms with E-state index in [9.17, 15) is 19.7 Å². The van der Waals surface area contributed by atoms with E-state index in [1.807, 2.05) is 6.07 Å². The number of hydroxylamine groups is 1. The van der Waals surface area contributed by atoms with Gasteiger partial charge < -0.3 is 0 Å². The highest BCUT2D eigenvalue weighted by Crippen LogP contribution is 2.49. The molecule has 2 heterocycles. The minimum atomic E-state index is -1.12. The number of benzene rings is 3. The Kier molecular flexibility index (Phi) is 5.28. The molecule has 3 aromatic rings. The van der Waals surface area contributed by atoms with Gasteiger partial charge in [-0.1, -0.05) is 41.4 Å². The number of halogens is 2. The highest BCUT2D eigenvalue weighted by molar-refractivity contribution is 6.32.